The fourth-order valence-corrected chi connectivity index (χ4v) is 2.34. The zero-order valence-corrected chi connectivity index (χ0v) is 9.30. The number of aryl methyl sites for hydroxylation is 2. The minimum Gasteiger partial charge on any atom is -0.330 e. The SMILES string of the molecule is Cn1nccc1CCS(=O)CCCN. The molecule has 1 heterocycles. The van der Waals surface area contributed by atoms with Crippen molar-refractivity contribution in [3.05, 3.63) is 18.0 Å². The summed E-state index contributed by atoms with van der Waals surface area (Å²) in [6.07, 6.45) is 3.43. The monoisotopic (exact) mass is 215 g/mol. The number of aromatic nitrogens is 2. The standard InChI is InChI=1S/C9H17N3OS/c1-12-9(3-6-11-12)4-8-14(13)7-2-5-10/h3,6H,2,4-5,7-8,10H2,1H3. The van der Waals surface area contributed by atoms with Gasteiger partial charge < -0.3 is 5.73 Å². The van der Waals surface area contributed by atoms with Gasteiger partial charge in [-0.1, -0.05) is 0 Å². The Bertz CT molecular complexity index is 298. The van der Waals surface area contributed by atoms with E-state index in [0.29, 0.717) is 18.1 Å². The van der Waals surface area contributed by atoms with E-state index in [1.54, 1.807) is 6.20 Å². The molecule has 1 unspecified atom stereocenters. The minimum atomic E-state index is -0.734. The van der Waals surface area contributed by atoms with Crippen molar-refractivity contribution in [2.24, 2.45) is 12.8 Å². The Hall–Kier alpha value is -0.680. The van der Waals surface area contributed by atoms with E-state index in [9.17, 15) is 4.21 Å². The van der Waals surface area contributed by atoms with Crippen LogP contribution in [-0.2, 0) is 24.3 Å². The Morgan fingerprint density at radius 3 is 2.93 bits per heavy atom. The molecule has 0 aliphatic carbocycles. The number of nitrogens with two attached hydrogens (primary N) is 1. The average molecular weight is 215 g/mol. The highest BCUT2D eigenvalue weighted by Gasteiger charge is 2.02. The molecule has 0 spiro atoms. The van der Waals surface area contributed by atoms with E-state index >= 15 is 0 Å². The Kier molecular flexibility index (Phi) is 4.82. The Labute approximate surface area is 86.9 Å². The molecule has 80 valence electrons. The van der Waals surface area contributed by atoms with Crippen LogP contribution in [0.1, 0.15) is 12.1 Å². The van der Waals surface area contributed by atoms with Crippen LogP contribution in [0.3, 0.4) is 0 Å². The van der Waals surface area contributed by atoms with E-state index in [2.05, 4.69) is 5.10 Å². The number of hydrogen-bond acceptors (Lipinski definition) is 3. The Balaban J connectivity index is 2.27. The van der Waals surface area contributed by atoms with Crippen molar-refractivity contribution in [1.82, 2.24) is 9.78 Å². The van der Waals surface area contributed by atoms with Gasteiger partial charge in [-0.05, 0) is 19.0 Å². The molecule has 1 aromatic rings. The lowest BCUT2D eigenvalue weighted by molar-refractivity contribution is 0.675. The predicted octanol–water partition coefficient (Wildman–Crippen LogP) is 0.0601. The summed E-state index contributed by atoms with van der Waals surface area (Å²) < 4.78 is 13.3. The van der Waals surface area contributed by atoms with Crippen molar-refractivity contribution in [3.63, 3.8) is 0 Å². The Morgan fingerprint density at radius 1 is 1.57 bits per heavy atom. The molecule has 0 bridgehead atoms. The summed E-state index contributed by atoms with van der Waals surface area (Å²) in [6.45, 7) is 0.622. The molecular weight excluding hydrogens is 198 g/mol. The van der Waals surface area contributed by atoms with Crippen molar-refractivity contribution in [2.75, 3.05) is 18.1 Å². The molecule has 0 saturated heterocycles. The van der Waals surface area contributed by atoms with E-state index in [0.717, 1.165) is 18.5 Å². The average Bonchev–Trinajstić information content (AvgIpc) is 2.58. The van der Waals surface area contributed by atoms with Gasteiger partial charge in [-0.25, -0.2) is 0 Å². The van der Waals surface area contributed by atoms with E-state index in [1.165, 1.54) is 0 Å². The molecule has 0 radical (unpaired) electrons. The maximum Gasteiger partial charge on any atom is 0.0492 e. The third-order valence-electron chi connectivity index (χ3n) is 2.08. The van der Waals surface area contributed by atoms with Crippen molar-refractivity contribution >= 4 is 10.8 Å². The molecule has 1 rings (SSSR count). The number of hydrogen-bond donors (Lipinski definition) is 1. The summed E-state index contributed by atoms with van der Waals surface area (Å²) in [7, 11) is 1.17. The van der Waals surface area contributed by atoms with Crippen LogP contribution in [0, 0.1) is 0 Å². The summed E-state index contributed by atoms with van der Waals surface area (Å²) in [4.78, 5) is 0. The maximum atomic E-state index is 11.4. The first-order valence-electron chi connectivity index (χ1n) is 4.76. The van der Waals surface area contributed by atoms with Crippen molar-refractivity contribution in [1.29, 1.82) is 0 Å². The van der Waals surface area contributed by atoms with Crippen LogP contribution in [0.15, 0.2) is 12.3 Å². The summed E-state index contributed by atoms with van der Waals surface area (Å²) in [5.41, 5.74) is 6.47. The molecule has 0 aliphatic rings. The first kappa shape index (κ1) is 11.4. The summed E-state index contributed by atoms with van der Waals surface area (Å²) in [6, 6.07) is 1.96. The summed E-state index contributed by atoms with van der Waals surface area (Å²) in [5.74, 6) is 1.42. The van der Waals surface area contributed by atoms with Crippen LogP contribution in [0.5, 0.6) is 0 Å². The third-order valence-corrected chi connectivity index (χ3v) is 3.49. The van der Waals surface area contributed by atoms with Crippen molar-refractivity contribution < 1.29 is 4.21 Å². The van der Waals surface area contributed by atoms with Crippen molar-refractivity contribution in [2.45, 2.75) is 12.8 Å². The lowest BCUT2D eigenvalue weighted by Crippen LogP contribution is -2.11. The minimum absolute atomic E-state index is 0.622. The molecule has 1 aromatic heterocycles. The topological polar surface area (TPSA) is 60.9 Å². The lowest BCUT2D eigenvalue weighted by atomic mass is 10.3. The van der Waals surface area contributed by atoms with Gasteiger partial charge in [-0.15, -0.1) is 0 Å². The maximum absolute atomic E-state index is 11.4. The zero-order valence-electron chi connectivity index (χ0n) is 8.48. The fourth-order valence-electron chi connectivity index (χ4n) is 1.21. The second kappa shape index (κ2) is 5.93. The smallest absolute Gasteiger partial charge is 0.0492 e. The van der Waals surface area contributed by atoms with Crippen LogP contribution < -0.4 is 5.73 Å². The van der Waals surface area contributed by atoms with E-state index in [-0.39, 0.29) is 0 Å². The van der Waals surface area contributed by atoms with E-state index < -0.39 is 10.8 Å². The number of nitrogens with zero attached hydrogens (tertiary/aromatic N) is 2. The number of rotatable bonds is 6. The van der Waals surface area contributed by atoms with Crippen LogP contribution in [0.25, 0.3) is 0 Å². The molecule has 1 atom stereocenters. The van der Waals surface area contributed by atoms with Gasteiger partial charge in [-0.2, -0.15) is 5.10 Å². The molecule has 0 aromatic carbocycles. The fraction of sp³-hybridized carbons (Fsp3) is 0.667. The molecule has 0 amide bonds. The molecule has 4 nitrogen and oxygen atoms in total. The quantitative estimate of drug-likeness (QED) is 0.730. The highest BCUT2D eigenvalue weighted by Crippen LogP contribution is 1.99. The van der Waals surface area contributed by atoms with Gasteiger partial charge in [0.1, 0.15) is 0 Å². The molecule has 2 N–H and O–H groups in total. The van der Waals surface area contributed by atoms with Crippen LogP contribution in [-0.4, -0.2) is 32.0 Å². The van der Waals surface area contributed by atoms with Gasteiger partial charge in [0, 0.05) is 47.7 Å². The second-order valence-electron chi connectivity index (χ2n) is 3.19. The molecule has 5 heteroatoms. The van der Waals surface area contributed by atoms with Crippen LogP contribution in [0.4, 0.5) is 0 Å². The largest absolute Gasteiger partial charge is 0.330 e. The van der Waals surface area contributed by atoms with E-state index in [1.807, 2.05) is 17.8 Å². The van der Waals surface area contributed by atoms with Crippen LogP contribution in [0.2, 0.25) is 0 Å². The molecule has 0 fully saturated rings. The summed E-state index contributed by atoms with van der Waals surface area (Å²) in [5, 5.41) is 4.05. The highest BCUT2D eigenvalue weighted by molar-refractivity contribution is 7.84. The van der Waals surface area contributed by atoms with Gasteiger partial charge >= 0.3 is 0 Å². The highest BCUT2D eigenvalue weighted by atomic mass is 32.2. The lowest BCUT2D eigenvalue weighted by Gasteiger charge is -2.02. The van der Waals surface area contributed by atoms with Gasteiger partial charge in [0.15, 0.2) is 0 Å². The van der Waals surface area contributed by atoms with Gasteiger partial charge in [0.25, 0.3) is 0 Å². The molecule has 14 heavy (non-hydrogen) atoms. The van der Waals surface area contributed by atoms with Gasteiger partial charge in [0.2, 0.25) is 0 Å². The second-order valence-corrected chi connectivity index (χ2v) is 4.88. The summed E-state index contributed by atoms with van der Waals surface area (Å²) >= 11 is 0. The predicted molar refractivity (Wildman–Crippen MR) is 58.5 cm³/mol. The van der Waals surface area contributed by atoms with E-state index in [4.69, 9.17) is 5.73 Å². The molecule has 0 aliphatic heterocycles. The van der Waals surface area contributed by atoms with Crippen molar-refractivity contribution in [3.8, 4) is 0 Å². The Morgan fingerprint density at radius 2 is 2.36 bits per heavy atom. The first-order valence-corrected chi connectivity index (χ1v) is 6.24. The van der Waals surface area contributed by atoms with Gasteiger partial charge in [-0.3, -0.25) is 8.89 Å². The molecular formula is C9H17N3OS. The third kappa shape index (κ3) is 3.59. The zero-order chi connectivity index (χ0) is 10.4. The first-order chi connectivity index (χ1) is 6.74. The normalized spacial score (nSPS) is 13.0. The van der Waals surface area contributed by atoms with Crippen LogP contribution >= 0.6 is 0 Å². The molecule has 0 saturated carbocycles. The van der Waals surface area contributed by atoms with Gasteiger partial charge in [0.05, 0.1) is 0 Å².